The summed E-state index contributed by atoms with van der Waals surface area (Å²) >= 11 is 0. The quantitative estimate of drug-likeness (QED) is 0.810. The zero-order valence-electron chi connectivity index (χ0n) is 13.3. The molecule has 0 bridgehead atoms. The Balaban J connectivity index is 1.52. The molecular weight excluding hydrogens is 326 g/mol. The van der Waals surface area contributed by atoms with Gasteiger partial charge in [0.05, 0.1) is 24.7 Å². The van der Waals surface area contributed by atoms with Crippen LogP contribution in [0.2, 0.25) is 0 Å². The summed E-state index contributed by atoms with van der Waals surface area (Å²) in [6.07, 6.45) is 1.81. The Labute approximate surface area is 143 Å². The number of rotatable bonds is 6. The SMILES string of the molecule is O=C(O)c1ccc(CNC(=O)C2CC(=O)N(Cc3ccccn3)C2)o1. The summed E-state index contributed by atoms with van der Waals surface area (Å²) < 4.78 is 5.08. The Bertz CT molecular complexity index is 787. The summed E-state index contributed by atoms with van der Waals surface area (Å²) in [5.74, 6) is -1.78. The van der Waals surface area contributed by atoms with Crippen molar-refractivity contribution in [2.24, 2.45) is 5.92 Å². The van der Waals surface area contributed by atoms with Crippen molar-refractivity contribution >= 4 is 17.8 Å². The minimum absolute atomic E-state index is 0.0804. The number of pyridine rings is 1. The monoisotopic (exact) mass is 343 g/mol. The Morgan fingerprint density at radius 3 is 2.84 bits per heavy atom. The first-order chi connectivity index (χ1) is 12.0. The van der Waals surface area contributed by atoms with Crippen LogP contribution in [-0.2, 0) is 22.7 Å². The molecule has 1 fully saturated rings. The second-order valence-corrected chi connectivity index (χ2v) is 5.79. The predicted molar refractivity (Wildman–Crippen MR) is 85.3 cm³/mol. The van der Waals surface area contributed by atoms with Gasteiger partial charge in [0, 0.05) is 19.2 Å². The molecule has 2 aromatic rings. The highest BCUT2D eigenvalue weighted by atomic mass is 16.4. The standard InChI is InChI=1S/C17H17N3O5/c21-15-7-11(9-20(15)10-12-3-1-2-6-18-12)16(22)19-8-13-4-5-14(25-13)17(23)24/h1-6,11H,7-10H2,(H,19,22)(H,23,24). The molecule has 1 saturated heterocycles. The molecule has 1 atom stereocenters. The molecule has 0 radical (unpaired) electrons. The van der Waals surface area contributed by atoms with E-state index in [0.29, 0.717) is 18.8 Å². The smallest absolute Gasteiger partial charge is 0.371 e. The number of carbonyl (C=O) groups excluding carboxylic acids is 2. The molecule has 1 unspecified atom stereocenters. The van der Waals surface area contributed by atoms with Crippen molar-refractivity contribution in [3.05, 3.63) is 53.7 Å². The van der Waals surface area contributed by atoms with Crippen LogP contribution in [0, 0.1) is 5.92 Å². The zero-order valence-corrected chi connectivity index (χ0v) is 13.3. The van der Waals surface area contributed by atoms with Crippen molar-refractivity contribution in [2.75, 3.05) is 6.54 Å². The number of carboxylic acids is 1. The maximum Gasteiger partial charge on any atom is 0.371 e. The molecule has 25 heavy (non-hydrogen) atoms. The number of amides is 2. The van der Waals surface area contributed by atoms with Crippen LogP contribution in [0.4, 0.5) is 0 Å². The summed E-state index contributed by atoms with van der Waals surface area (Å²) in [5.41, 5.74) is 0.772. The molecule has 3 rings (SSSR count). The second-order valence-electron chi connectivity index (χ2n) is 5.79. The molecule has 1 aliphatic heterocycles. The molecule has 0 spiro atoms. The van der Waals surface area contributed by atoms with E-state index in [-0.39, 0.29) is 30.5 Å². The van der Waals surface area contributed by atoms with Crippen LogP contribution < -0.4 is 5.32 Å². The minimum Gasteiger partial charge on any atom is -0.475 e. The van der Waals surface area contributed by atoms with Gasteiger partial charge in [-0.15, -0.1) is 0 Å². The average molecular weight is 343 g/mol. The van der Waals surface area contributed by atoms with E-state index >= 15 is 0 Å². The Hall–Kier alpha value is -3.16. The minimum atomic E-state index is -1.16. The van der Waals surface area contributed by atoms with Crippen LogP contribution in [0.1, 0.15) is 28.4 Å². The fourth-order valence-electron chi connectivity index (χ4n) is 2.69. The van der Waals surface area contributed by atoms with Gasteiger partial charge in [-0.1, -0.05) is 6.07 Å². The van der Waals surface area contributed by atoms with Crippen LogP contribution in [0.3, 0.4) is 0 Å². The number of likely N-dealkylation sites (tertiary alicyclic amines) is 1. The van der Waals surface area contributed by atoms with E-state index in [1.807, 2.05) is 12.1 Å². The van der Waals surface area contributed by atoms with Gasteiger partial charge in [0.1, 0.15) is 5.76 Å². The van der Waals surface area contributed by atoms with Crippen molar-refractivity contribution in [1.29, 1.82) is 0 Å². The Morgan fingerprint density at radius 1 is 1.32 bits per heavy atom. The lowest BCUT2D eigenvalue weighted by Gasteiger charge is -2.15. The van der Waals surface area contributed by atoms with Gasteiger partial charge in [-0.05, 0) is 24.3 Å². The molecule has 2 N–H and O–H groups in total. The van der Waals surface area contributed by atoms with Gasteiger partial charge < -0.3 is 19.7 Å². The highest BCUT2D eigenvalue weighted by Gasteiger charge is 2.34. The number of nitrogens with one attached hydrogen (secondary N) is 1. The summed E-state index contributed by atoms with van der Waals surface area (Å²) in [4.78, 5) is 40.9. The first kappa shape index (κ1) is 16.7. The van der Waals surface area contributed by atoms with E-state index in [1.54, 1.807) is 17.2 Å². The third-order valence-corrected chi connectivity index (χ3v) is 3.97. The van der Waals surface area contributed by atoms with E-state index in [2.05, 4.69) is 10.3 Å². The third kappa shape index (κ3) is 4.03. The largest absolute Gasteiger partial charge is 0.475 e. The lowest BCUT2D eigenvalue weighted by atomic mass is 10.1. The summed E-state index contributed by atoms with van der Waals surface area (Å²) in [6.45, 7) is 0.792. The van der Waals surface area contributed by atoms with Crippen LogP contribution in [0.5, 0.6) is 0 Å². The fraction of sp³-hybridized carbons (Fsp3) is 0.294. The fourth-order valence-corrected chi connectivity index (χ4v) is 2.69. The number of furan rings is 1. The van der Waals surface area contributed by atoms with E-state index < -0.39 is 11.9 Å². The third-order valence-electron chi connectivity index (χ3n) is 3.97. The van der Waals surface area contributed by atoms with Crippen LogP contribution in [0.15, 0.2) is 40.9 Å². The number of aromatic carboxylic acids is 1. The molecule has 8 nitrogen and oxygen atoms in total. The van der Waals surface area contributed by atoms with Crippen molar-refractivity contribution in [2.45, 2.75) is 19.5 Å². The summed E-state index contributed by atoms with van der Waals surface area (Å²) in [7, 11) is 0. The Morgan fingerprint density at radius 2 is 2.16 bits per heavy atom. The van der Waals surface area contributed by atoms with Crippen molar-refractivity contribution in [3.63, 3.8) is 0 Å². The molecule has 8 heteroatoms. The van der Waals surface area contributed by atoms with Crippen molar-refractivity contribution in [1.82, 2.24) is 15.2 Å². The molecular formula is C17H17N3O5. The maximum absolute atomic E-state index is 12.2. The second kappa shape index (κ2) is 7.16. The average Bonchev–Trinajstić information content (AvgIpc) is 3.21. The molecule has 1 aliphatic rings. The van der Waals surface area contributed by atoms with Crippen molar-refractivity contribution < 1.29 is 23.9 Å². The maximum atomic E-state index is 12.2. The number of hydrogen-bond donors (Lipinski definition) is 2. The normalized spacial score (nSPS) is 16.9. The van der Waals surface area contributed by atoms with Gasteiger partial charge in [-0.3, -0.25) is 14.6 Å². The molecule has 0 aliphatic carbocycles. The van der Waals surface area contributed by atoms with Crippen LogP contribution in [0.25, 0.3) is 0 Å². The number of carbonyl (C=O) groups is 3. The molecule has 2 amide bonds. The summed E-state index contributed by atoms with van der Waals surface area (Å²) in [5, 5.41) is 11.5. The first-order valence-electron chi connectivity index (χ1n) is 7.80. The van der Waals surface area contributed by atoms with Crippen LogP contribution in [-0.4, -0.2) is 39.3 Å². The first-order valence-corrected chi connectivity index (χ1v) is 7.80. The van der Waals surface area contributed by atoms with Gasteiger partial charge in [-0.2, -0.15) is 0 Å². The van der Waals surface area contributed by atoms with Gasteiger partial charge in [0.2, 0.25) is 17.6 Å². The highest BCUT2D eigenvalue weighted by Crippen LogP contribution is 2.20. The van der Waals surface area contributed by atoms with E-state index in [1.165, 1.54) is 12.1 Å². The molecule has 0 aromatic carbocycles. The van der Waals surface area contributed by atoms with Gasteiger partial charge in [0.25, 0.3) is 0 Å². The molecule has 3 heterocycles. The number of nitrogens with zero attached hydrogens (tertiary/aromatic N) is 2. The molecule has 0 saturated carbocycles. The highest BCUT2D eigenvalue weighted by molar-refractivity contribution is 5.89. The summed E-state index contributed by atoms with van der Waals surface area (Å²) in [6, 6.07) is 8.31. The van der Waals surface area contributed by atoms with Crippen LogP contribution >= 0.6 is 0 Å². The van der Waals surface area contributed by atoms with Gasteiger partial charge in [-0.25, -0.2) is 4.79 Å². The van der Waals surface area contributed by atoms with E-state index in [4.69, 9.17) is 9.52 Å². The Kier molecular flexibility index (Phi) is 4.78. The van der Waals surface area contributed by atoms with Crippen molar-refractivity contribution in [3.8, 4) is 0 Å². The molecule has 2 aromatic heterocycles. The number of aromatic nitrogens is 1. The lowest BCUT2D eigenvalue weighted by molar-refractivity contribution is -0.129. The topological polar surface area (TPSA) is 113 Å². The number of carboxylic acid groups (broad SMARTS) is 1. The molecule has 130 valence electrons. The zero-order chi connectivity index (χ0) is 17.8. The van der Waals surface area contributed by atoms with Gasteiger partial charge in [0.15, 0.2) is 0 Å². The van der Waals surface area contributed by atoms with E-state index in [0.717, 1.165) is 5.69 Å². The lowest BCUT2D eigenvalue weighted by Crippen LogP contribution is -2.32. The predicted octanol–water partition coefficient (Wildman–Crippen LogP) is 1.04. The van der Waals surface area contributed by atoms with E-state index in [9.17, 15) is 14.4 Å². The van der Waals surface area contributed by atoms with Gasteiger partial charge >= 0.3 is 5.97 Å². The number of hydrogen-bond acceptors (Lipinski definition) is 5.